The van der Waals surface area contributed by atoms with Gasteiger partial charge in [-0.3, -0.25) is 4.79 Å². The summed E-state index contributed by atoms with van der Waals surface area (Å²) in [6.45, 7) is 5.31. The number of aliphatic hydroxyl groups is 1. The quantitative estimate of drug-likeness (QED) is 0.509. The van der Waals surface area contributed by atoms with Crippen LogP contribution in [0.1, 0.15) is 46.0 Å². The summed E-state index contributed by atoms with van der Waals surface area (Å²) in [4.78, 5) is 24.3. The smallest absolute Gasteiger partial charge is 0.317 e. The average Bonchev–Trinajstić information content (AvgIpc) is 2.39. The van der Waals surface area contributed by atoms with Gasteiger partial charge in [-0.1, -0.05) is 13.8 Å². The molecule has 1 atom stereocenters. The Hall–Kier alpha value is -1.30. The lowest BCUT2D eigenvalue weighted by atomic mass is 9.94. The molecule has 0 aromatic heterocycles. The largest absolute Gasteiger partial charge is 0.481 e. The molecule has 3 N–H and O–H groups in total. The summed E-state index contributed by atoms with van der Waals surface area (Å²) in [5.74, 6) is -0.455. The fraction of sp³-hybridized carbons (Fsp3) is 0.867. The van der Waals surface area contributed by atoms with Crippen molar-refractivity contribution < 1.29 is 19.8 Å². The van der Waals surface area contributed by atoms with Crippen LogP contribution in [0.2, 0.25) is 0 Å². The molecule has 0 aliphatic carbocycles. The summed E-state index contributed by atoms with van der Waals surface area (Å²) in [6, 6.07) is -0.168. The molecule has 0 unspecified atom stereocenters. The van der Waals surface area contributed by atoms with Crippen LogP contribution in [-0.4, -0.2) is 53.9 Å². The summed E-state index contributed by atoms with van der Waals surface area (Å²) in [6.07, 6.45) is 3.37. The third kappa shape index (κ3) is 11.1. The maximum atomic E-state index is 11.9. The van der Waals surface area contributed by atoms with Gasteiger partial charge >= 0.3 is 12.0 Å². The molecule has 0 fully saturated rings. The third-order valence-corrected chi connectivity index (χ3v) is 3.31. The number of amides is 2. The first kappa shape index (κ1) is 19.7. The molecule has 0 aromatic rings. The molecular formula is C15H30N2O4. The van der Waals surface area contributed by atoms with E-state index in [1.807, 2.05) is 13.8 Å². The highest BCUT2D eigenvalue weighted by Gasteiger charge is 2.17. The highest BCUT2D eigenvalue weighted by molar-refractivity contribution is 5.74. The number of nitrogens with zero attached hydrogens (tertiary/aromatic N) is 1. The van der Waals surface area contributed by atoms with Gasteiger partial charge in [0.1, 0.15) is 0 Å². The molecule has 0 rings (SSSR count). The summed E-state index contributed by atoms with van der Waals surface area (Å²) in [5, 5.41) is 20.4. The number of carbonyl (C=O) groups excluding carboxylic acids is 1. The van der Waals surface area contributed by atoms with Crippen molar-refractivity contribution in [3.05, 3.63) is 0 Å². The Kier molecular flexibility index (Phi) is 10.7. The van der Waals surface area contributed by atoms with Crippen LogP contribution in [0.25, 0.3) is 0 Å². The minimum absolute atomic E-state index is 0.0331. The number of hydrogen-bond acceptors (Lipinski definition) is 3. The van der Waals surface area contributed by atoms with Crippen molar-refractivity contribution >= 4 is 12.0 Å². The van der Waals surface area contributed by atoms with Crippen molar-refractivity contribution in [2.75, 3.05) is 26.7 Å². The maximum Gasteiger partial charge on any atom is 0.317 e. The monoisotopic (exact) mass is 302 g/mol. The van der Waals surface area contributed by atoms with E-state index in [2.05, 4.69) is 5.32 Å². The number of rotatable bonds is 11. The Bertz CT molecular complexity index is 308. The summed E-state index contributed by atoms with van der Waals surface area (Å²) >= 11 is 0. The molecule has 0 heterocycles. The summed E-state index contributed by atoms with van der Waals surface area (Å²) in [5.41, 5.74) is 0. The van der Waals surface area contributed by atoms with Gasteiger partial charge in [-0.25, -0.2) is 4.79 Å². The molecule has 6 heteroatoms. The topological polar surface area (TPSA) is 89.9 Å². The number of aliphatic hydroxyl groups excluding tert-OH is 1. The first-order valence-electron chi connectivity index (χ1n) is 7.68. The van der Waals surface area contributed by atoms with E-state index >= 15 is 0 Å². The lowest BCUT2D eigenvalue weighted by Crippen LogP contribution is -2.40. The molecule has 0 saturated heterocycles. The first-order chi connectivity index (χ1) is 9.86. The van der Waals surface area contributed by atoms with Crippen molar-refractivity contribution in [2.45, 2.75) is 46.0 Å². The molecule has 0 saturated carbocycles. The van der Waals surface area contributed by atoms with Crippen LogP contribution in [-0.2, 0) is 4.79 Å². The van der Waals surface area contributed by atoms with Crippen LogP contribution in [0, 0.1) is 11.8 Å². The zero-order valence-electron chi connectivity index (χ0n) is 13.5. The maximum absolute atomic E-state index is 11.9. The highest BCUT2D eigenvalue weighted by Crippen LogP contribution is 2.14. The van der Waals surface area contributed by atoms with Gasteiger partial charge in [0.05, 0.1) is 0 Å². The molecule has 0 aliphatic heterocycles. The van der Waals surface area contributed by atoms with Gasteiger partial charge in [-0.2, -0.15) is 0 Å². The SMILES string of the molecule is CC(C)C[C@H](CNC(=O)N(C)CCCCCO)CC(=O)O. The molecule has 6 nitrogen and oxygen atoms in total. The van der Waals surface area contributed by atoms with Gasteiger partial charge in [0.2, 0.25) is 0 Å². The second-order valence-corrected chi connectivity index (χ2v) is 5.99. The zero-order chi connectivity index (χ0) is 16.3. The van der Waals surface area contributed by atoms with Gasteiger partial charge in [0, 0.05) is 33.2 Å². The fourth-order valence-corrected chi connectivity index (χ4v) is 2.26. The van der Waals surface area contributed by atoms with E-state index in [1.54, 1.807) is 11.9 Å². The number of hydrogen-bond donors (Lipinski definition) is 3. The Balaban J connectivity index is 4.06. The van der Waals surface area contributed by atoms with E-state index in [0.29, 0.717) is 19.0 Å². The van der Waals surface area contributed by atoms with Crippen molar-refractivity contribution in [3.8, 4) is 0 Å². The van der Waals surface area contributed by atoms with Crippen molar-refractivity contribution in [3.63, 3.8) is 0 Å². The first-order valence-corrected chi connectivity index (χ1v) is 7.68. The Morgan fingerprint density at radius 2 is 1.86 bits per heavy atom. The third-order valence-electron chi connectivity index (χ3n) is 3.31. The number of unbranched alkanes of at least 4 members (excludes halogenated alkanes) is 2. The fourth-order valence-electron chi connectivity index (χ4n) is 2.26. The highest BCUT2D eigenvalue weighted by atomic mass is 16.4. The van der Waals surface area contributed by atoms with Gasteiger partial charge in [-0.05, 0) is 37.5 Å². The molecule has 0 radical (unpaired) electrons. The van der Waals surface area contributed by atoms with Crippen molar-refractivity contribution in [1.82, 2.24) is 10.2 Å². The van der Waals surface area contributed by atoms with Gasteiger partial charge in [-0.15, -0.1) is 0 Å². The summed E-state index contributed by atoms with van der Waals surface area (Å²) < 4.78 is 0. The van der Waals surface area contributed by atoms with Crippen molar-refractivity contribution in [2.24, 2.45) is 11.8 Å². The van der Waals surface area contributed by atoms with Crippen LogP contribution in [0.5, 0.6) is 0 Å². The Labute approximate surface area is 127 Å². The van der Waals surface area contributed by atoms with E-state index < -0.39 is 5.97 Å². The standard InChI is InChI=1S/C15H30N2O4/c1-12(2)9-13(10-14(19)20)11-16-15(21)17(3)7-5-4-6-8-18/h12-13,18H,4-11H2,1-3H3,(H,16,21)(H,19,20)/t13-/m0/s1. The molecule has 0 aliphatic rings. The number of aliphatic carboxylic acids is 1. The molecule has 0 bridgehead atoms. The van der Waals surface area contributed by atoms with Crippen LogP contribution in [0.15, 0.2) is 0 Å². The number of carbonyl (C=O) groups is 2. The molecule has 0 spiro atoms. The molecule has 21 heavy (non-hydrogen) atoms. The normalized spacial score (nSPS) is 12.2. The van der Waals surface area contributed by atoms with Gasteiger partial charge in [0.25, 0.3) is 0 Å². The van der Waals surface area contributed by atoms with Gasteiger partial charge in [0.15, 0.2) is 0 Å². The molecule has 2 amide bonds. The zero-order valence-corrected chi connectivity index (χ0v) is 13.5. The molecule has 124 valence electrons. The number of urea groups is 1. The van der Waals surface area contributed by atoms with E-state index in [0.717, 1.165) is 25.7 Å². The van der Waals surface area contributed by atoms with E-state index in [1.165, 1.54) is 0 Å². The lowest BCUT2D eigenvalue weighted by Gasteiger charge is -2.21. The Morgan fingerprint density at radius 1 is 1.19 bits per heavy atom. The minimum atomic E-state index is -0.827. The van der Waals surface area contributed by atoms with Crippen LogP contribution < -0.4 is 5.32 Å². The second-order valence-electron chi connectivity index (χ2n) is 5.99. The lowest BCUT2D eigenvalue weighted by molar-refractivity contribution is -0.138. The van der Waals surface area contributed by atoms with E-state index in [4.69, 9.17) is 10.2 Å². The predicted molar refractivity (Wildman–Crippen MR) is 82.2 cm³/mol. The average molecular weight is 302 g/mol. The minimum Gasteiger partial charge on any atom is -0.481 e. The molecular weight excluding hydrogens is 272 g/mol. The predicted octanol–water partition coefficient (Wildman–Crippen LogP) is 1.93. The number of carboxylic acid groups (broad SMARTS) is 1. The van der Waals surface area contributed by atoms with E-state index in [-0.39, 0.29) is 25.0 Å². The van der Waals surface area contributed by atoms with E-state index in [9.17, 15) is 9.59 Å². The second kappa shape index (κ2) is 11.4. The number of carboxylic acids is 1. The van der Waals surface area contributed by atoms with Gasteiger partial charge < -0.3 is 20.4 Å². The van der Waals surface area contributed by atoms with Crippen LogP contribution in [0.3, 0.4) is 0 Å². The molecule has 0 aromatic carbocycles. The number of nitrogens with one attached hydrogen (secondary N) is 1. The Morgan fingerprint density at radius 3 is 2.38 bits per heavy atom. The summed E-state index contributed by atoms with van der Waals surface area (Å²) in [7, 11) is 1.73. The van der Waals surface area contributed by atoms with Crippen LogP contribution >= 0.6 is 0 Å². The van der Waals surface area contributed by atoms with Crippen molar-refractivity contribution in [1.29, 1.82) is 0 Å². The van der Waals surface area contributed by atoms with Crippen LogP contribution in [0.4, 0.5) is 4.79 Å².